The molecule has 0 aliphatic rings. The first-order valence-corrected chi connectivity index (χ1v) is 6.93. The molecule has 5 nitrogen and oxygen atoms in total. The van der Waals surface area contributed by atoms with E-state index in [-0.39, 0.29) is 6.17 Å². The van der Waals surface area contributed by atoms with Crippen molar-refractivity contribution in [1.29, 1.82) is 0 Å². The molecule has 0 aliphatic carbocycles. The summed E-state index contributed by atoms with van der Waals surface area (Å²) in [7, 11) is 0. The summed E-state index contributed by atoms with van der Waals surface area (Å²) < 4.78 is 2.02. The SMILES string of the molecule is NC(=O)c1ccccc1NC(c1ccncc1)n1cccc1. The number of nitrogens with one attached hydrogen (secondary N) is 1. The van der Waals surface area contributed by atoms with Gasteiger partial charge in [0.2, 0.25) is 0 Å². The highest BCUT2D eigenvalue weighted by Crippen LogP contribution is 2.23. The van der Waals surface area contributed by atoms with Crippen molar-refractivity contribution < 1.29 is 4.79 Å². The molecule has 0 fully saturated rings. The van der Waals surface area contributed by atoms with Gasteiger partial charge in [0, 0.05) is 30.5 Å². The number of nitrogens with two attached hydrogens (primary N) is 1. The number of rotatable bonds is 5. The molecule has 3 N–H and O–H groups in total. The first-order chi connectivity index (χ1) is 10.8. The lowest BCUT2D eigenvalue weighted by atomic mass is 10.1. The second-order valence-corrected chi connectivity index (χ2v) is 4.87. The number of pyridine rings is 1. The van der Waals surface area contributed by atoms with E-state index >= 15 is 0 Å². The predicted octanol–water partition coefficient (Wildman–Crippen LogP) is 2.64. The summed E-state index contributed by atoms with van der Waals surface area (Å²) in [6.45, 7) is 0. The van der Waals surface area contributed by atoms with Crippen LogP contribution in [-0.2, 0) is 0 Å². The van der Waals surface area contributed by atoms with Gasteiger partial charge in [0.15, 0.2) is 0 Å². The highest BCUT2D eigenvalue weighted by Gasteiger charge is 2.15. The van der Waals surface area contributed by atoms with E-state index in [1.807, 2.05) is 53.4 Å². The third kappa shape index (κ3) is 2.83. The van der Waals surface area contributed by atoms with Crippen LogP contribution in [0.4, 0.5) is 5.69 Å². The number of amides is 1. The fraction of sp³-hybridized carbons (Fsp3) is 0.0588. The van der Waals surface area contributed by atoms with Crippen molar-refractivity contribution in [3.63, 3.8) is 0 Å². The smallest absolute Gasteiger partial charge is 0.250 e. The van der Waals surface area contributed by atoms with E-state index in [9.17, 15) is 4.79 Å². The van der Waals surface area contributed by atoms with Gasteiger partial charge in [0.25, 0.3) is 5.91 Å². The molecule has 1 unspecified atom stereocenters. The Balaban J connectivity index is 2.00. The van der Waals surface area contributed by atoms with Gasteiger partial charge in [-0.2, -0.15) is 0 Å². The van der Waals surface area contributed by atoms with Crippen LogP contribution in [0.1, 0.15) is 22.1 Å². The highest BCUT2D eigenvalue weighted by molar-refractivity contribution is 5.98. The van der Waals surface area contributed by atoms with E-state index in [2.05, 4.69) is 10.3 Å². The van der Waals surface area contributed by atoms with Crippen LogP contribution in [0, 0.1) is 0 Å². The van der Waals surface area contributed by atoms with Gasteiger partial charge in [-0.3, -0.25) is 9.78 Å². The summed E-state index contributed by atoms with van der Waals surface area (Å²) in [6.07, 6.45) is 7.26. The normalized spacial score (nSPS) is 11.8. The lowest BCUT2D eigenvalue weighted by molar-refractivity contribution is 0.100. The third-order valence-corrected chi connectivity index (χ3v) is 3.43. The summed E-state index contributed by atoms with van der Waals surface area (Å²) in [6, 6.07) is 15.0. The first kappa shape index (κ1) is 13.9. The molecule has 1 amide bonds. The molecule has 0 spiro atoms. The third-order valence-electron chi connectivity index (χ3n) is 3.43. The Hall–Kier alpha value is -3.08. The Morgan fingerprint density at radius 2 is 1.73 bits per heavy atom. The topological polar surface area (TPSA) is 72.9 Å². The Morgan fingerprint density at radius 1 is 1.05 bits per heavy atom. The molecule has 22 heavy (non-hydrogen) atoms. The average Bonchev–Trinajstić information content (AvgIpc) is 3.08. The second kappa shape index (κ2) is 6.13. The molecule has 1 aromatic carbocycles. The van der Waals surface area contributed by atoms with Gasteiger partial charge in [-0.1, -0.05) is 12.1 Å². The van der Waals surface area contributed by atoms with Crippen molar-refractivity contribution in [3.05, 3.63) is 84.4 Å². The molecule has 0 radical (unpaired) electrons. The lowest BCUT2D eigenvalue weighted by Gasteiger charge is -2.23. The van der Waals surface area contributed by atoms with E-state index in [0.717, 1.165) is 5.56 Å². The van der Waals surface area contributed by atoms with Gasteiger partial charge in [-0.25, -0.2) is 0 Å². The fourth-order valence-corrected chi connectivity index (χ4v) is 2.37. The van der Waals surface area contributed by atoms with Crippen molar-refractivity contribution >= 4 is 11.6 Å². The molecule has 2 aromatic heterocycles. The number of nitrogens with zero attached hydrogens (tertiary/aromatic N) is 2. The summed E-state index contributed by atoms with van der Waals surface area (Å²) in [5.41, 5.74) is 7.65. The van der Waals surface area contributed by atoms with Crippen LogP contribution in [0.2, 0.25) is 0 Å². The Kier molecular flexibility index (Phi) is 3.87. The molecule has 0 aliphatic heterocycles. The maximum absolute atomic E-state index is 11.6. The lowest BCUT2D eigenvalue weighted by Crippen LogP contribution is -2.21. The maximum Gasteiger partial charge on any atom is 0.250 e. The Labute approximate surface area is 128 Å². The number of hydrogen-bond acceptors (Lipinski definition) is 3. The van der Waals surface area contributed by atoms with Crippen molar-refractivity contribution in [2.24, 2.45) is 5.73 Å². The Morgan fingerprint density at radius 3 is 2.41 bits per heavy atom. The van der Waals surface area contributed by atoms with Gasteiger partial charge >= 0.3 is 0 Å². The summed E-state index contributed by atoms with van der Waals surface area (Å²) in [4.78, 5) is 15.6. The molecular weight excluding hydrogens is 276 g/mol. The van der Waals surface area contributed by atoms with Crippen LogP contribution < -0.4 is 11.1 Å². The first-order valence-electron chi connectivity index (χ1n) is 6.93. The zero-order chi connectivity index (χ0) is 15.4. The number of aromatic nitrogens is 2. The van der Waals surface area contributed by atoms with Crippen LogP contribution >= 0.6 is 0 Å². The number of primary amides is 1. The molecule has 0 bridgehead atoms. The number of anilines is 1. The van der Waals surface area contributed by atoms with Gasteiger partial charge in [-0.15, -0.1) is 0 Å². The molecule has 1 atom stereocenters. The van der Waals surface area contributed by atoms with E-state index in [1.54, 1.807) is 24.5 Å². The molecule has 0 saturated heterocycles. The average molecular weight is 292 g/mol. The Bertz CT molecular complexity index is 753. The van der Waals surface area contributed by atoms with E-state index in [4.69, 9.17) is 5.73 Å². The summed E-state index contributed by atoms with van der Waals surface area (Å²) >= 11 is 0. The van der Waals surface area contributed by atoms with Gasteiger partial charge in [-0.05, 0) is 42.0 Å². The minimum atomic E-state index is -0.455. The minimum Gasteiger partial charge on any atom is -0.366 e. The van der Waals surface area contributed by atoms with Crippen LogP contribution in [-0.4, -0.2) is 15.5 Å². The molecule has 5 heteroatoms. The minimum absolute atomic E-state index is 0.154. The molecule has 110 valence electrons. The summed E-state index contributed by atoms with van der Waals surface area (Å²) in [5, 5.41) is 3.38. The number of hydrogen-bond donors (Lipinski definition) is 2. The van der Waals surface area contributed by atoms with Crippen molar-refractivity contribution in [2.45, 2.75) is 6.17 Å². The van der Waals surface area contributed by atoms with Crippen molar-refractivity contribution in [1.82, 2.24) is 9.55 Å². The van der Waals surface area contributed by atoms with Crippen molar-refractivity contribution in [3.8, 4) is 0 Å². The molecule has 2 heterocycles. The molecule has 0 saturated carbocycles. The van der Waals surface area contributed by atoms with E-state index in [1.165, 1.54) is 0 Å². The van der Waals surface area contributed by atoms with Crippen LogP contribution in [0.25, 0.3) is 0 Å². The van der Waals surface area contributed by atoms with Crippen LogP contribution in [0.5, 0.6) is 0 Å². The van der Waals surface area contributed by atoms with E-state index in [0.29, 0.717) is 11.3 Å². The number of benzene rings is 1. The van der Waals surface area contributed by atoms with Crippen molar-refractivity contribution in [2.75, 3.05) is 5.32 Å². The quantitative estimate of drug-likeness (QED) is 0.759. The van der Waals surface area contributed by atoms with Crippen LogP contribution in [0.3, 0.4) is 0 Å². The van der Waals surface area contributed by atoms with Gasteiger partial charge in [0.1, 0.15) is 6.17 Å². The monoisotopic (exact) mass is 292 g/mol. The van der Waals surface area contributed by atoms with Gasteiger partial charge in [0.05, 0.1) is 5.56 Å². The highest BCUT2D eigenvalue weighted by atomic mass is 16.1. The largest absolute Gasteiger partial charge is 0.366 e. The molecule has 3 rings (SSSR count). The number of para-hydroxylation sites is 1. The number of carbonyl (C=O) groups excluding carboxylic acids is 1. The van der Waals surface area contributed by atoms with E-state index < -0.39 is 5.91 Å². The standard InChI is InChI=1S/C17H16N4O/c18-16(22)14-5-1-2-6-15(14)20-17(21-11-3-4-12-21)13-7-9-19-10-8-13/h1-12,17,20H,(H2,18,22). The molecule has 3 aromatic rings. The molecular formula is C17H16N4O. The van der Waals surface area contributed by atoms with Gasteiger partial charge < -0.3 is 15.6 Å². The number of carbonyl (C=O) groups is 1. The van der Waals surface area contributed by atoms with Crippen LogP contribution in [0.15, 0.2) is 73.3 Å². The zero-order valence-corrected chi connectivity index (χ0v) is 11.9. The predicted molar refractivity (Wildman–Crippen MR) is 85.4 cm³/mol. The fourth-order valence-electron chi connectivity index (χ4n) is 2.37. The summed E-state index contributed by atoms with van der Waals surface area (Å²) in [5.74, 6) is -0.455. The maximum atomic E-state index is 11.6. The zero-order valence-electron chi connectivity index (χ0n) is 11.9. The second-order valence-electron chi connectivity index (χ2n) is 4.87.